The molecule has 1 saturated heterocycles. The second-order valence-electron chi connectivity index (χ2n) is 6.73. The molecule has 0 aromatic heterocycles. The highest BCUT2D eigenvalue weighted by molar-refractivity contribution is 8.15. The van der Waals surface area contributed by atoms with Gasteiger partial charge in [-0.2, -0.15) is 0 Å². The standard InChI is InChI=1S/C21H22ClN3O3S/c1-12-6-5-7-13(2)19(12)24-18(26)11-17-20(27)25(3)21(29-17)23-15-10-14(22)8-9-16(15)28-4/h5-10,17H,11H2,1-4H3,(H,24,26)/t17-/m1/s1. The van der Waals surface area contributed by atoms with Crippen molar-refractivity contribution in [3.05, 3.63) is 52.5 Å². The third-order valence-corrected chi connectivity index (χ3v) is 6.08. The van der Waals surface area contributed by atoms with Crippen LogP contribution in [0.4, 0.5) is 11.4 Å². The van der Waals surface area contributed by atoms with Gasteiger partial charge in [-0.25, -0.2) is 4.99 Å². The van der Waals surface area contributed by atoms with Crippen LogP contribution in [0.3, 0.4) is 0 Å². The van der Waals surface area contributed by atoms with E-state index in [-0.39, 0.29) is 18.2 Å². The van der Waals surface area contributed by atoms with Crippen LogP contribution in [0, 0.1) is 13.8 Å². The number of amidine groups is 1. The number of hydrogen-bond acceptors (Lipinski definition) is 5. The minimum atomic E-state index is -0.534. The number of anilines is 1. The zero-order valence-electron chi connectivity index (χ0n) is 16.7. The minimum Gasteiger partial charge on any atom is -0.494 e. The van der Waals surface area contributed by atoms with Gasteiger partial charge in [0, 0.05) is 24.2 Å². The van der Waals surface area contributed by atoms with Gasteiger partial charge >= 0.3 is 0 Å². The number of carbonyl (C=O) groups excluding carboxylic acids is 2. The Morgan fingerprint density at radius 1 is 1.28 bits per heavy atom. The van der Waals surface area contributed by atoms with E-state index >= 15 is 0 Å². The Bertz CT molecular complexity index is 973. The maximum absolute atomic E-state index is 12.6. The molecule has 29 heavy (non-hydrogen) atoms. The first-order chi connectivity index (χ1) is 13.8. The van der Waals surface area contributed by atoms with Gasteiger partial charge in [0.1, 0.15) is 16.7 Å². The topological polar surface area (TPSA) is 71.0 Å². The molecule has 1 aliphatic rings. The molecule has 152 valence electrons. The smallest absolute Gasteiger partial charge is 0.242 e. The summed E-state index contributed by atoms with van der Waals surface area (Å²) in [5.74, 6) is 0.189. The predicted octanol–water partition coefficient (Wildman–Crippen LogP) is 4.56. The van der Waals surface area contributed by atoms with Gasteiger partial charge in [-0.05, 0) is 43.2 Å². The number of nitrogens with one attached hydrogen (secondary N) is 1. The molecule has 0 bridgehead atoms. The SMILES string of the molecule is COc1ccc(Cl)cc1N=C1S[C@H](CC(=O)Nc2c(C)cccc2C)C(=O)N1C. The van der Waals surface area contributed by atoms with E-state index in [9.17, 15) is 9.59 Å². The molecule has 2 amide bonds. The molecule has 0 aliphatic carbocycles. The molecule has 1 fully saturated rings. The van der Waals surface area contributed by atoms with Crippen LogP contribution in [0.1, 0.15) is 17.5 Å². The van der Waals surface area contributed by atoms with Crippen LogP contribution in [0.5, 0.6) is 5.75 Å². The lowest BCUT2D eigenvalue weighted by molar-refractivity contribution is -0.127. The van der Waals surface area contributed by atoms with Crippen molar-refractivity contribution in [3.63, 3.8) is 0 Å². The molecule has 0 unspecified atom stereocenters. The van der Waals surface area contributed by atoms with Gasteiger partial charge in [-0.15, -0.1) is 0 Å². The average molecular weight is 432 g/mol. The number of carbonyl (C=O) groups is 2. The summed E-state index contributed by atoms with van der Waals surface area (Å²) in [6.45, 7) is 3.88. The number of nitrogens with zero attached hydrogens (tertiary/aromatic N) is 2. The summed E-state index contributed by atoms with van der Waals surface area (Å²) in [5.41, 5.74) is 3.29. The fourth-order valence-corrected chi connectivity index (χ4v) is 4.33. The molecule has 6 nitrogen and oxygen atoms in total. The number of ether oxygens (including phenoxy) is 1. The molecule has 8 heteroatoms. The van der Waals surface area contributed by atoms with Crippen LogP contribution in [-0.4, -0.2) is 41.3 Å². The van der Waals surface area contributed by atoms with Gasteiger partial charge in [-0.3, -0.25) is 14.5 Å². The highest BCUT2D eigenvalue weighted by atomic mass is 35.5. The number of rotatable bonds is 5. The van der Waals surface area contributed by atoms with E-state index in [1.54, 1.807) is 32.4 Å². The van der Waals surface area contributed by atoms with Crippen LogP contribution in [0.25, 0.3) is 0 Å². The van der Waals surface area contributed by atoms with Crippen LogP contribution in [-0.2, 0) is 9.59 Å². The molecule has 0 spiro atoms. The fourth-order valence-electron chi connectivity index (χ4n) is 3.02. The van der Waals surface area contributed by atoms with Crippen molar-refractivity contribution in [2.45, 2.75) is 25.5 Å². The number of para-hydroxylation sites is 1. The third kappa shape index (κ3) is 4.74. The maximum Gasteiger partial charge on any atom is 0.242 e. The number of aryl methyl sites for hydroxylation is 2. The second kappa shape index (κ2) is 8.88. The Hall–Kier alpha value is -2.51. The zero-order chi connectivity index (χ0) is 21.1. The van der Waals surface area contributed by atoms with Crippen LogP contribution in [0.2, 0.25) is 5.02 Å². The van der Waals surface area contributed by atoms with Gasteiger partial charge < -0.3 is 10.1 Å². The van der Waals surface area contributed by atoms with Crippen LogP contribution < -0.4 is 10.1 Å². The molecule has 1 atom stereocenters. The summed E-state index contributed by atoms with van der Waals surface area (Å²) in [7, 11) is 3.19. The van der Waals surface area contributed by atoms with E-state index in [2.05, 4.69) is 10.3 Å². The lowest BCUT2D eigenvalue weighted by atomic mass is 10.1. The predicted molar refractivity (Wildman–Crippen MR) is 118 cm³/mol. The van der Waals surface area contributed by atoms with Gasteiger partial charge in [0.15, 0.2) is 5.17 Å². The van der Waals surface area contributed by atoms with E-state index in [1.807, 2.05) is 32.0 Å². The van der Waals surface area contributed by atoms with E-state index < -0.39 is 5.25 Å². The van der Waals surface area contributed by atoms with E-state index in [1.165, 1.54) is 16.7 Å². The quantitative estimate of drug-likeness (QED) is 0.753. The summed E-state index contributed by atoms with van der Waals surface area (Å²) in [6, 6.07) is 10.9. The number of amides is 2. The number of aliphatic imine (C=N–C) groups is 1. The zero-order valence-corrected chi connectivity index (χ0v) is 18.2. The van der Waals surface area contributed by atoms with Crippen molar-refractivity contribution in [3.8, 4) is 5.75 Å². The van der Waals surface area contributed by atoms with Crippen molar-refractivity contribution in [1.29, 1.82) is 0 Å². The fraction of sp³-hybridized carbons (Fsp3) is 0.286. The Balaban J connectivity index is 1.75. The molecule has 0 saturated carbocycles. The molecular weight excluding hydrogens is 410 g/mol. The number of methoxy groups -OCH3 is 1. The molecule has 1 heterocycles. The Labute approximate surface area is 179 Å². The highest BCUT2D eigenvalue weighted by Gasteiger charge is 2.37. The second-order valence-corrected chi connectivity index (χ2v) is 8.34. The maximum atomic E-state index is 12.6. The number of hydrogen-bond donors (Lipinski definition) is 1. The average Bonchev–Trinajstić information content (AvgIpc) is 2.93. The van der Waals surface area contributed by atoms with Crippen molar-refractivity contribution in [2.75, 3.05) is 19.5 Å². The summed E-state index contributed by atoms with van der Waals surface area (Å²) in [6.07, 6.45) is 0.0628. The molecule has 0 radical (unpaired) electrons. The Kier molecular flexibility index (Phi) is 6.49. The highest BCUT2D eigenvalue weighted by Crippen LogP contribution is 2.35. The molecule has 2 aromatic carbocycles. The van der Waals surface area contributed by atoms with Gasteiger partial charge in [0.2, 0.25) is 11.8 Å². The van der Waals surface area contributed by atoms with Crippen molar-refractivity contribution < 1.29 is 14.3 Å². The first-order valence-corrected chi connectivity index (χ1v) is 10.3. The largest absolute Gasteiger partial charge is 0.494 e. The third-order valence-electron chi connectivity index (χ3n) is 4.61. The summed E-state index contributed by atoms with van der Waals surface area (Å²) >= 11 is 7.32. The lowest BCUT2D eigenvalue weighted by Crippen LogP contribution is -2.30. The number of benzene rings is 2. The van der Waals surface area contributed by atoms with Crippen molar-refractivity contribution >= 4 is 51.7 Å². The van der Waals surface area contributed by atoms with E-state index in [4.69, 9.17) is 16.3 Å². The number of thioether (sulfide) groups is 1. The molecule has 1 aliphatic heterocycles. The molecule has 3 rings (SSSR count). The van der Waals surface area contributed by atoms with Crippen LogP contribution in [0.15, 0.2) is 41.4 Å². The van der Waals surface area contributed by atoms with Gasteiger partial charge in [0.25, 0.3) is 0 Å². The lowest BCUT2D eigenvalue weighted by Gasteiger charge is -2.12. The molecular formula is C21H22ClN3O3S. The first-order valence-electron chi connectivity index (χ1n) is 9.02. The van der Waals surface area contributed by atoms with Crippen molar-refractivity contribution in [2.24, 2.45) is 4.99 Å². The summed E-state index contributed by atoms with van der Waals surface area (Å²) < 4.78 is 5.31. The first kappa shape index (κ1) is 21.2. The molecule has 1 N–H and O–H groups in total. The van der Waals surface area contributed by atoms with Crippen LogP contribution >= 0.6 is 23.4 Å². The van der Waals surface area contributed by atoms with Crippen molar-refractivity contribution in [1.82, 2.24) is 4.90 Å². The van der Waals surface area contributed by atoms with Gasteiger partial charge in [0.05, 0.1) is 7.11 Å². The van der Waals surface area contributed by atoms with E-state index in [0.29, 0.717) is 21.6 Å². The monoisotopic (exact) mass is 431 g/mol. The summed E-state index contributed by atoms with van der Waals surface area (Å²) in [4.78, 5) is 31.2. The Morgan fingerprint density at radius 2 is 1.97 bits per heavy atom. The normalized spacial score (nSPS) is 17.7. The molecule has 2 aromatic rings. The Morgan fingerprint density at radius 3 is 2.62 bits per heavy atom. The number of halogens is 1. The van der Waals surface area contributed by atoms with E-state index in [0.717, 1.165) is 16.8 Å². The van der Waals surface area contributed by atoms with Gasteiger partial charge in [-0.1, -0.05) is 41.6 Å². The minimum absolute atomic E-state index is 0.0628. The summed E-state index contributed by atoms with van der Waals surface area (Å²) in [5, 5.41) is 3.42.